The number of hydrogen-bond donors (Lipinski definition) is 1. The fourth-order valence-electron chi connectivity index (χ4n) is 4.00. The average molecular weight is 386 g/mol. The molecule has 0 spiro atoms. The summed E-state index contributed by atoms with van der Waals surface area (Å²) in [6.07, 6.45) is 1.95. The molecule has 6 nitrogen and oxygen atoms in total. The van der Waals surface area contributed by atoms with Gasteiger partial charge in [-0.15, -0.1) is 0 Å². The summed E-state index contributed by atoms with van der Waals surface area (Å²) < 4.78 is 5.79. The number of nitrogens with one attached hydrogen (secondary N) is 1. The van der Waals surface area contributed by atoms with E-state index in [4.69, 9.17) is 9.40 Å². The van der Waals surface area contributed by atoms with Crippen molar-refractivity contribution in [1.82, 2.24) is 19.9 Å². The van der Waals surface area contributed by atoms with Gasteiger partial charge in [-0.1, -0.05) is 30.3 Å². The lowest BCUT2D eigenvalue weighted by molar-refractivity contribution is 0.0698. The number of H-pyrrole nitrogens is 1. The van der Waals surface area contributed by atoms with Crippen LogP contribution in [0.4, 0.5) is 0 Å². The molecule has 146 valence electrons. The number of benzene rings is 2. The predicted molar refractivity (Wildman–Crippen MR) is 111 cm³/mol. The topological polar surface area (TPSA) is 75.0 Å². The van der Waals surface area contributed by atoms with Crippen LogP contribution in [-0.2, 0) is 0 Å². The lowest BCUT2D eigenvalue weighted by Gasteiger charge is -2.31. The highest BCUT2D eigenvalue weighted by molar-refractivity contribution is 5.93. The highest BCUT2D eigenvalue weighted by atomic mass is 16.4. The number of likely N-dealkylation sites (tertiary alicyclic amines) is 1. The van der Waals surface area contributed by atoms with Crippen LogP contribution in [0.2, 0.25) is 0 Å². The van der Waals surface area contributed by atoms with E-state index < -0.39 is 0 Å². The Bertz CT molecular complexity index is 1130. The first-order valence-corrected chi connectivity index (χ1v) is 9.96. The number of aryl methyl sites for hydroxylation is 1. The fraction of sp³-hybridized carbons (Fsp3) is 0.261. The van der Waals surface area contributed by atoms with Crippen LogP contribution in [0.15, 0.2) is 59.0 Å². The molecule has 5 rings (SSSR count). The molecular weight excluding hydrogens is 364 g/mol. The molecular formula is C23H22N4O2. The van der Waals surface area contributed by atoms with E-state index in [1.54, 1.807) is 6.92 Å². The Kier molecular flexibility index (Phi) is 4.39. The van der Waals surface area contributed by atoms with E-state index in [-0.39, 0.29) is 11.8 Å². The van der Waals surface area contributed by atoms with Gasteiger partial charge >= 0.3 is 0 Å². The van der Waals surface area contributed by atoms with Crippen molar-refractivity contribution in [3.63, 3.8) is 0 Å². The summed E-state index contributed by atoms with van der Waals surface area (Å²) in [5, 5.41) is 0. The number of imidazole rings is 1. The van der Waals surface area contributed by atoms with Gasteiger partial charge in [-0.05, 0) is 44.0 Å². The standard InChI is InChI=1S/C23H22N4O2/c1-15-20(26-22(29-15)16-8-3-2-4-9-16)23(28)27-13-7-10-17(14-27)21-24-18-11-5-6-12-19(18)25-21/h2-6,8-9,11-12,17H,7,10,13-14H2,1H3,(H,24,25)/t17-/m1/s1. The SMILES string of the molecule is Cc1oc(-c2ccccc2)nc1C(=O)N1CCC[C@@H](c2nc3ccccc3[nH]2)C1. The summed E-state index contributed by atoms with van der Waals surface area (Å²) in [4.78, 5) is 27.7. The van der Waals surface area contributed by atoms with Gasteiger partial charge in [0.05, 0.1) is 11.0 Å². The molecule has 1 aliphatic heterocycles. The Morgan fingerprint density at radius 1 is 1.10 bits per heavy atom. The fourth-order valence-corrected chi connectivity index (χ4v) is 4.00. The zero-order chi connectivity index (χ0) is 19.8. The minimum Gasteiger partial charge on any atom is -0.441 e. The van der Waals surface area contributed by atoms with Crippen molar-refractivity contribution in [1.29, 1.82) is 0 Å². The van der Waals surface area contributed by atoms with Crippen molar-refractivity contribution in [3.05, 3.63) is 71.9 Å². The smallest absolute Gasteiger partial charge is 0.276 e. The highest BCUT2D eigenvalue weighted by Crippen LogP contribution is 2.29. The number of piperidine rings is 1. The number of aromatic amines is 1. The maximum Gasteiger partial charge on any atom is 0.276 e. The Morgan fingerprint density at radius 3 is 2.72 bits per heavy atom. The number of nitrogens with zero attached hydrogens (tertiary/aromatic N) is 3. The zero-order valence-corrected chi connectivity index (χ0v) is 16.3. The van der Waals surface area contributed by atoms with Crippen molar-refractivity contribution in [2.24, 2.45) is 0 Å². The quantitative estimate of drug-likeness (QED) is 0.561. The second-order valence-corrected chi connectivity index (χ2v) is 7.52. The van der Waals surface area contributed by atoms with E-state index in [9.17, 15) is 4.79 Å². The molecule has 0 bridgehead atoms. The van der Waals surface area contributed by atoms with E-state index >= 15 is 0 Å². The van der Waals surface area contributed by atoms with E-state index in [0.717, 1.165) is 41.8 Å². The van der Waals surface area contributed by atoms with Crippen LogP contribution >= 0.6 is 0 Å². The van der Waals surface area contributed by atoms with Crippen molar-refractivity contribution in [3.8, 4) is 11.5 Å². The largest absolute Gasteiger partial charge is 0.441 e. The first kappa shape index (κ1) is 17.7. The Labute approximate surface area is 168 Å². The third-order valence-electron chi connectivity index (χ3n) is 5.52. The lowest BCUT2D eigenvalue weighted by atomic mass is 9.97. The molecule has 1 atom stereocenters. The van der Waals surface area contributed by atoms with E-state index in [1.165, 1.54) is 0 Å². The van der Waals surface area contributed by atoms with E-state index in [0.29, 0.717) is 23.9 Å². The molecule has 6 heteroatoms. The number of carbonyl (C=O) groups is 1. The summed E-state index contributed by atoms with van der Waals surface area (Å²) in [5.41, 5.74) is 3.26. The number of amides is 1. The number of aromatic nitrogens is 3. The van der Waals surface area contributed by atoms with E-state index in [2.05, 4.69) is 9.97 Å². The summed E-state index contributed by atoms with van der Waals surface area (Å²) >= 11 is 0. The molecule has 1 fully saturated rings. The van der Waals surface area contributed by atoms with Crippen LogP contribution in [0, 0.1) is 6.92 Å². The molecule has 1 N–H and O–H groups in total. The van der Waals surface area contributed by atoms with Gasteiger partial charge in [0.15, 0.2) is 5.69 Å². The maximum atomic E-state index is 13.2. The lowest BCUT2D eigenvalue weighted by Crippen LogP contribution is -2.39. The number of rotatable bonds is 3. The average Bonchev–Trinajstić information content (AvgIpc) is 3.38. The molecule has 1 aliphatic rings. The van der Waals surface area contributed by atoms with Crippen LogP contribution in [0.25, 0.3) is 22.5 Å². The van der Waals surface area contributed by atoms with Crippen molar-refractivity contribution >= 4 is 16.9 Å². The third kappa shape index (κ3) is 3.31. The van der Waals surface area contributed by atoms with Gasteiger partial charge in [-0.3, -0.25) is 4.79 Å². The number of fused-ring (bicyclic) bond motifs is 1. The summed E-state index contributed by atoms with van der Waals surface area (Å²) in [7, 11) is 0. The zero-order valence-electron chi connectivity index (χ0n) is 16.3. The molecule has 29 heavy (non-hydrogen) atoms. The van der Waals surface area contributed by atoms with Gasteiger partial charge in [0.2, 0.25) is 5.89 Å². The van der Waals surface area contributed by atoms with Crippen LogP contribution in [-0.4, -0.2) is 38.8 Å². The second kappa shape index (κ2) is 7.20. The molecule has 4 aromatic rings. The minimum absolute atomic E-state index is 0.0748. The number of oxazole rings is 1. The Hall–Kier alpha value is -3.41. The Balaban J connectivity index is 1.38. The molecule has 1 amide bonds. The summed E-state index contributed by atoms with van der Waals surface area (Å²) in [6.45, 7) is 3.15. The Morgan fingerprint density at radius 2 is 1.90 bits per heavy atom. The van der Waals surface area contributed by atoms with Gasteiger partial charge in [0, 0.05) is 24.6 Å². The number of para-hydroxylation sites is 2. The molecule has 0 radical (unpaired) electrons. The molecule has 2 aromatic heterocycles. The normalized spacial score (nSPS) is 17.0. The monoisotopic (exact) mass is 386 g/mol. The van der Waals surface area contributed by atoms with Crippen molar-refractivity contribution in [2.75, 3.05) is 13.1 Å². The van der Waals surface area contributed by atoms with Crippen LogP contribution in [0.1, 0.15) is 40.8 Å². The van der Waals surface area contributed by atoms with Crippen molar-refractivity contribution in [2.45, 2.75) is 25.7 Å². The van der Waals surface area contributed by atoms with Gasteiger partial charge < -0.3 is 14.3 Å². The van der Waals surface area contributed by atoms with Crippen LogP contribution < -0.4 is 0 Å². The first-order valence-electron chi connectivity index (χ1n) is 9.96. The molecule has 0 aliphatic carbocycles. The molecule has 0 saturated carbocycles. The predicted octanol–water partition coefficient (Wildman–Crippen LogP) is 4.55. The summed E-state index contributed by atoms with van der Waals surface area (Å²) in [5.74, 6) is 2.11. The second-order valence-electron chi connectivity index (χ2n) is 7.52. The first-order chi connectivity index (χ1) is 14.2. The molecule has 1 saturated heterocycles. The molecule has 0 unspecified atom stereocenters. The van der Waals surface area contributed by atoms with Crippen LogP contribution in [0.3, 0.4) is 0 Å². The number of hydrogen-bond acceptors (Lipinski definition) is 4. The number of carbonyl (C=O) groups excluding carboxylic acids is 1. The maximum absolute atomic E-state index is 13.2. The highest BCUT2D eigenvalue weighted by Gasteiger charge is 2.30. The van der Waals surface area contributed by atoms with Crippen molar-refractivity contribution < 1.29 is 9.21 Å². The third-order valence-corrected chi connectivity index (χ3v) is 5.52. The molecule has 3 heterocycles. The van der Waals surface area contributed by atoms with E-state index in [1.807, 2.05) is 59.5 Å². The van der Waals surface area contributed by atoms with Gasteiger partial charge in [0.25, 0.3) is 5.91 Å². The van der Waals surface area contributed by atoms with Gasteiger partial charge in [0.1, 0.15) is 11.6 Å². The van der Waals surface area contributed by atoms with Gasteiger partial charge in [-0.2, -0.15) is 0 Å². The van der Waals surface area contributed by atoms with Gasteiger partial charge in [-0.25, -0.2) is 9.97 Å². The summed E-state index contributed by atoms with van der Waals surface area (Å²) in [6, 6.07) is 17.7. The molecule has 2 aromatic carbocycles. The van der Waals surface area contributed by atoms with Crippen LogP contribution in [0.5, 0.6) is 0 Å². The minimum atomic E-state index is -0.0748.